The highest BCUT2D eigenvalue weighted by Crippen LogP contribution is 2.35. The maximum absolute atomic E-state index is 4.84. The highest BCUT2D eigenvalue weighted by Gasteiger charge is 2.29. The summed E-state index contributed by atoms with van der Waals surface area (Å²) in [6, 6.07) is 0.305. The number of hydrogen-bond donors (Lipinski definition) is 1. The van der Waals surface area contributed by atoms with Crippen molar-refractivity contribution >= 4 is 5.82 Å². The molecule has 2 aromatic rings. The standard InChI is InChI=1S/C15H23N5/c1-6-12-9(2)15-16-8-7-13(20(15)18-12)14-10(3)17-19(5)11(14)4/h13,16H,6-8H2,1-5H3. The van der Waals surface area contributed by atoms with Crippen LogP contribution in [0.1, 0.15) is 47.6 Å². The van der Waals surface area contributed by atoms with Gasteiger partial charge >= 0.3 is 0 Å². The van der Waals surface area contributed by atoms with Crippen LogP contribution in [0.25, 0.3) is 0 Å². The summed E-state index contributed by atoms with van der Waals surface area (Å²) in [6.45, 7) is 9.57. The third kappa shape index (κ3) is 1.76. The summed E-state index contributed by atoms with van der Waals surface area (Å²) < 4.78 is 4.15. The summed E-state index contributed by atoms with van der Waals surface area (Å²) in [5.41, 5.74) is 6.18. The monoisotopic (exact) mass is 273 g/mol. The quantitative estimate of drug-likeness (QED) is 0.914. The molecule has 0 saturated heterocycles. The molecule has 0 aromatic carbocycles. The van der Waals surface area contributed by atoms with Gasteiger partial charge in [-0.05, 0) is 33.6 Å². The van der Waals surface area contributed by atoms with Gasteiger partial charge in [-0.1, -0.05) is 6.92 Å². The molecular formula is C15H23N5. The molecule has 5 nitrogen and oxygen atoms in total. The van der Waals surface area contributed by atoms with Crippen molar-refractivity contribution in [2.45, 2.75) is 46.6 Å². The number of nitrogens with one attached hydrogen (secondary N) is 1. The number of nitrogens with zero attached hydrogens (tertiary/aromatic N) is 4. The van der Waals surface area contributed by atoms with Crippen LogP contribution < -0.4 is 5.32 Å². The van der Waals surface area contributed by atoms with Crippen molar-refractivity contribution in [2.75, 3.05) is 11.9 Å². The fourth-order valence-corrected chi connectivity index (χ4v) is 3.33. The summed E-state index contributed by atoms with van der Waals surface area (Å²) in [6.07, 6.45) is 2.04. The Balaban J connectivity index is 2.14. The van der Waals surface area contributed by atoms with Crippen molar-refractivity contribution in [3.05, 3.63) is 28.2 Å². The van der Waals surface area contributed by atoms with Crippen LogP contribution in [0.5, 0.6) is 0 Å². The molecule has 0 aliphatic carbocycles. The number of rotatable bonds is 2. The molecular weight excluding hydrogens is 250 g/mol. The van der Waals surface area contributed by atoms with E-state index in [-0.39, 0.29) is 0 Å². The van der Waals surface area contributed by atoms with E-state index in [0.29, 0.717) is 6.04 Å². The molecule has 0 radical (unpaired) electrons. The van der Waals surface area contributed by atoms with Gasteiger partial charge in [0.25, 0.3) is 0 Å². The molecule has 1 atom stereocenters. The van der Waals surface area contributed by atoms with Crippen LogP contribution in [0, 0.1) is 20.8 Å². The molecule has 3 rings (SSSR count). The highest BCUT2D eigenvalue weighted by atomic mass is 15.4. The van der Waals surface area contributed by atoms with Gasteiger partial charge in [-0.25, -0.2) is 4.68 Å². The van der Waals surface area contributed by atoms with Crippen molar-refractivity contribution in [3.63, 3.8) is 0 Å². The van der Waals surface area contributed by atoms with Crippen LogP contribution >= 0.6 is 0 Å². The minimum atomic E-state index is 0.305. The smallest absolute Gasteiger partial charge is 0.128 e. The second-order valence-corrected chi connectivity index (χ2v) is 5.66. The summed E-state index contributed by atoms with van der Waals surface area (Å²) in [7, 11) is 2.01. The molecule has 1 N–H and O–H groups in total. The van der Waals surface area contributed by atoms with Crippen LogP contribution in [0.2, 0.25) is 0 Å². The number of aryl methyl sites for hydroxylation is 3. The van der Waals surface area contributed by atoms with Gasteiger partial charge in [-0.2, -0.15) is 10.2 Å². The predicted molar refractivity (Wildman–Crippen MR) is 80.3 cm³/mol. The average Bonchev–Trinajstić information content (AvgIpc) is 2.88. The van der Waals surface area contributed by atoms with E-state index in [0.717, 1.165) is 25.1 Å². The van der Waals surface area contributed by atoms with E-state index in [1.165, 1.54) is 28.3 Å². The zero-order chi connectivity index (χ0) is 14.4. The average molecular weight is 273 g/mol. The van der Waals surface area contributed by atoms with Gasteiger partial charge in [0.2, 0.25) is 0 Å². The first-order chi connectivity index (χ1) is 9.54. The van der Waals surface area contributed by atoms with Gasteiger partial charge in [0.15, 0.2) is 0 Å². The number of fused-ring (bicyclic) bond motifs is 1. The van der Waals surface area contributed by atoms with Crippen molar-refractivity contribution in [3.8, 4) is 0 Å². The second kappa shape index (κ2) is 4.65. The number of anilines is 1. The van der Waals surface area contributed by atoms with E-state index in [9.17, 15) is 0 Å². The zero-order valence-electron chi connectivity index (χ0n) is 13.0. The van der Waals surface area contributed by atoms with Gasteiger partial charge < -0.3 is 5.32 Å². The molecule has 0 amide bonds. The zero-order valence-corrected chi connectivity index (χ0v) is 13.0. The second-order valence-electron chi connectivity index (χ2n) is 5.66. The Labute approximate surface area is 120 Å². The van der Waals surface area contributed by atoms with E-state index in [2.05, 4.69) is 42.8 Å². The van der Waals surface area contributed by atoms with Crippen LogP contribution in [-0.4, -0.2) is 26.1 Å². The predicted octanol–water partition coefficient (Wildman–Crippen LogP) is 2.51. The van der Waals surface area contributed by atoms with Gasteiger partial charge in [-0.15, -0.1) is 0 Å². The van der Waals surface area contributed by atoms with Gasteiger partial charge in [-0.3, -0.25) is 4.68 Å². The first-order valence-corrected chi connectivity index (χ1v) is 7.36. The Hall–Kier alpha value is -1.78. The Kier molecular flexibility index (Phi) is 3.07. The van der Waals surface area contributed by atoms with Crippen molar-refractivity contribution in [2.24, 2.45) is 7.05 Å². The van der Waals surface area contributed by atoms with Crippen molar-refractivity contribution < 1.29 is 0 Å². The fourth-order valence-electron chi connectivity index (χ4n) is 3.33. The Morgan fingerprint density at radius 1 is 1.25 bits per heavy atom. The SMILES string of the molecule is CCc1nn2c(c1C)NCCC2c1c(C)nn(C)c1C. The minimum Gasteiger partial charge on any atom is -0.370 e. The molecule has 1 aliphatic heterocycles. The third-order valence-corrected chi connectivity index (χ3v) is 4.48. The summed E-state index contributed by atoms with van der Waals surface area (Å²) in [5, 5.41) is 12.9. The van der Waals surface area contributed by atoms with Crippen LogP contribution in [0.4, 0.5) is 5.82 Å². The lowest BCUT2D eigenvalue weighted by Crippen LogP contribution is -2.25. The molecule has 1 aliphatic rings. The van der Waals surface area contributed by atoms with Gasteiger partial charge in [0, 0.05) is 30.4 Å². The first-order valence-electron chi connectivity index (χ1n) is 7.36. The normalized spacial score (nSPS) is 17.9. The largest absolute Gasteiger partial charge is 0.370 e. The van der Waals surface area contributed by atoms with Crippen molar-refractivity contribution in [1.29, 1.82) is 0 Å². The molecule has 0 bridgehead atoms. The van der Waals surface area contributed by atoms with Crippen molar-refractivity contribution in [1.82, 2.24) is 19.6 Å². The summed E-state index contributed by atoms with van der Waals surface area (Å²) >= 11 is 0. The van der Waals surface area contributed by atoms with Crippen LogP contribution in [-0.2, 0) is 13.5 Å². The summed E-state index contributed by atoms with van der Waals surface area (Å²) in [4.78, 5) is 0. The van der Waals surface area contributed by atoms with Gasteiger partial charge in [0.05, 0.1) is 17.4 Å². The van der Waals surface area contributed by atoms with E-state index in [4.69, 9.17) is 5.10 Å². The fraction of sp³-hybridized carbons (Fsp3) is 0.600. The lowest BCUT2D eigenvalue weighted by molar-refractivity contribution is 0.474. The van der Waals surface area contributed by atoms with Gasteiger partial charge in [0.1, 0.15) is 5.82 Å². The van der Waals surface area contributed by atoms with Crippen LogP contribution in [0.3, 0.4) is 0 Å². The van der Waals surface area contributed by atoms with E-state index < -0.39 is 0 Å². The Morgan fingerprint density at radius 3 is 2.60 bits per heavy atom. The van der Waals surface area contributed by atoms with E-state index >= 15 is 0 Å². The molecule has 2 aromatic heterocycles. The molecule has 0 spiro atoms. The van der Waals surface area contributed by atoms with E-state index in [1.807, 2.05) is 11.7 Å². The van der Waals surface area contributed by atoms with Crippen LogP contribution in [0.15, 0.2) is 0 Å². The minimum absolute atomic E-state index is 0.305. The Bertz CT molecular complexity index is 650. The van der Waals surface area contributed by atoms with E-state index in [1.54, 1.807) is 0 Å². The lowest BCUT2D eigenvalue weighted by atomic mass is 10.0. The molecule has 1 unspecified atom stereocenters. The molecule has 5 heteroatoms. The molecule has 0 saturated carbocycles. The third-order valence-electron chi connectivity index (χ3n) is 4.48. The lowest BCUT2D eigenvalue weighted by Gasteiger charge is -2.26. The molecule has 108 valence electrons. The maximum atomic E-state index is 4.84. The Morgan fingerprint density at radius 2 is 2.00 bits per heavy atom. The molecule has 0 fully saturated rings. The maximum Gasteiger partial charge on any atom is 0.128 e. The molecule has 3 heterocycles. The topological polar surface area (TPSA) is 47.7 Å². The summed E-state index contributed by atoms with van der Waals surface area (Å²) in [5.74, 6) is 1.18. The highest BCUT2D eigenvalue weighted by molar-refractivity contribution is 5.50. The number of aromatic nitrogens is 4. The molecule has 20 heavy (non-hydrogen) atoms. The number of hydrogen-bond acceptors (Lipinski definition) is 3. The first kappa shape index (κ1) is 13.2.